The number of rotatable bonds is 3. The Morgan fingerprint density at radius 2 is 2.08 bits per heavy atom. The van der Waals surface area contributed by atoms with Crippen LogP contribution in [0.4, 0.5) is 0 Å². The van der Waals surface area contributed by atoms with Crippen molar-refractivity contribution in [2.45, 2.75) is 26.2 Å². The maximum Gasteiger partial charge on any atom is 0.206 e. The number of carbonyl (C=O) groups excluding carboxylic acids is 1. The van der Waals surface area contributed by atoms with E-state index in [0.717, 1.165) is 12.0 Å². The maximum absolute atomic E-state index is 10.6. The van der Waals surface area contributed by atoms with E-state index in [0.29, 0.717) is 0 Å². The smallest absolute Gasteiger partial charge is 0.206 e. The highest BCUT2D eigenvalue weighted by Gasteiger charge is 2.09. The van der Waals surface area contributed by atoms with Crippen LogP contribution in [-0.4, -0.2) is 6.29 Å². The monoisotopic (exact) mass is 161 g/mol. The highest BCUT2D eigenvalue weighted by molar-refractivity contribution is 5.63. The molecule has 1 atom stereocenters. The van der Waals surface area contributed by atoms with E-state index >= 15 is 0 Å². The van der Waals surface area contributed by atoms with Crippen LogP contribution < -0.4 is 0 Å². The third kappa shape index (κ3) is 1.73. The molecule has 0 heterocycles. The van der Waals surface area contributed by atoms with Gasteiger partial charge in [0.1, 0.15) is 0 Å². The Balaban J connectivity index is 3.00. The third-order valence-corrected chi connectivity index (χ3v) is 2.11. The maximum atomic E-state index is 10.6. The van der Waals surface area contributed by atoms with Crippen LogP contribution in [0.1, 0.15) is 30.4 Å². The average molecular weight is 161 g/mol. The first-order valence-corrected chi connectivity index (χ1v) is 4.22. The molecule has 0 bridgehead atoms. The van der Waals surface area contributed by atoms with Crippen LogP contribution in [0.25, 0.3) is 0 Å². The van der Waals surface area contributed by atoms with Gasteiger partial charge in [-0.15, -0.1) is 0 Å². The second-order valence-electron chi connectivity index (χ2n) is 2.94. The standard InChI is InChI=1S/C11H13O/c1-3-10(8-12)11-7-5-4-6-9(11)2/h4-7,10H,3H2,1-2H3. The van der Waals surface area contributed by atoms with Gasteiger partial charge in [-0.1, -0.05) is 31.2 Å². The van der Waals surface area contributed by atoms with Crippen molar-refractivity contribution in [2.24, 2.45) is 0 Å². The topological polar surface area (TPSA) is 17.1 Å². The molecule has 0 fully saturated rings. The predicted octanol–water partition coefficient (Wildman–Crippen LogP) is 2.60. The van der Waals surface area contributed by atoms with Gasteiger partial charge >= 0.3 is 0 Å². The highest BCUT2D eigenvalue weighted by Crippen LogP contribution is 2.20. The number of hydrogen-bond donors (Lipinski definition) is 0. The molecule has 0 amide bonds. The summed E-state index contributed by atoms with van der Waals surface area (Å²) in [6.45, 7) is 4.03. The molecule has 0 saturated carbocycles. The molecular weight excluding hydrogens is 148 g/mol. The quantitative estimate of drug-likeness (QED) is 0.666. The zero-order chi connectivity index (χ0) is 8.97. The van der Waals surface area contributed by atoms with Gasteiger partial charge < -0.3 is 0 Å². The van der Waals surface area contributed by atoms with Crippen molar-refractivity contribution >= 4 is 6.29 Å². The molecular formula is C11H13O. The van der Waals surface area contributed by atoms with Crippen molar-refractivity contribution in [3.05, 3.63) is 35.4 Å². The molecule has 1 rings (SSSR count). The van der Waals surface area contributed by atoms with Gasteiger partial charge in [-0.3, -0.25) is 4.79 Å². The molecule has 1 radical (unpaired) electrons. The van der Waals surface area contributed by atoms with Gasteiger partial charge in [-0.2, -0.15) is 0 Å². The molecule has 12 heavy (non-hydrogen) atoms. The minimum Gasteiger partial charge on any atom is -0.290 e. The van der Waals surface area contributed by atoms with E-state index in [1.54, 1.807) is 0 Å². The van der Waals surface area contributed by atoms with Gasteiger partial charge in [-0.05, 0) is 24.5 Å². The zero-order valence-corrected chi connectivity index (χ0v) is 7.50. The third-order valence-electron chi connectivity index (χ3n) is 2.11. The lowest BCUT2D eigenvalue weighted by molar-refractivity contribution is 0.540. The summed E-state index contributed by atoms with van der Waals surface area (Å²) < 4.78 is 0. The molecule has 0 aromatic heterocycles. The van der Waals surface area contributed by atoms with E-state index in [-0.39, 0.29) is 5.92 Å². The lowest BCUT2D eigenvalue weighted by atomic mass is 9.94. The fourth-order valence-electron chi connectivity index (χ4n) is 1.34. The Hall–Kier alpha value is -1.11. The van der Waals surface area contributed by atoms with Crippen LogP contribution in [0.3, 0.4) is 0 Å². The van der Waals surface area contributed by atoms with Gasteiger partial charge in [0.2, 0.25) is 6.29 Å². The molecule has 0 aliphatic heterocycles. The summed E-state index contributed by atoms with van der Waals surface area (Å²) in [5.74, 6) is -0.0498. The van der Waals surface area contributed by atoms with Crippen molar-refractivity contribution in [1.82, 2.24) is 0 Å². The molecule has 63 valence electrons. The Bertz CT molecular complexity index is 265. The van der Waals surface area contributed by atoms with E-state index in [9.17, 15) is 4.79 Å². The summed E-state index contributed by atoms with van der Waals surface area (Å²) in [6, 6.07) is 7.96. The first kappa shape index (κ1) is 8.98. The fourth-order valence-corrected chi connectivity index (χ4v) is 1.34. The highest BCUT2D eigenvalue weighted by atomic mass is 16.1. The van der Waals surface area contributed by atoms with Crippen molar-refractivity contribution in [3.8, 4) is 0 Å². The van der Waals surface area contributed by atoms with Gasteiger partial charge in [0.25, 0.3) is 0 Å². The van der Waals surface area contributed by atoms with Gasteiger partial charge in [0.05, 0.1) is 5.92 Å². The summed E-state index contributed by atoms with van der Waals surface area (Å²) in [7, 11) is 0. The van der Waals surface area contributed by atoms with Crippen LogP contribution in [0, 0.1) is 6.92 Å². The summed E-state index contributed by atoms with van der Waals surface area (Å²) in [6.07, 6.45) is 2.89. The minimum atomic E-state index is -0.0498. The molecule has 0 saturated heterocycles. The second-order valence-corrected chi connectivity index (χ2v) is 2.94. The first-order valence-electron chi connectivity index (χ1n) is 4.22. The van der Waals surface area contributed by atoms with Crippen LogP contribution in [0.15, 0.2) is 24.3 Å². The molecule has 1 aromatic rings. The van der Waals surface area contributed by atoms with Crippen LogP contribution in [0.2, 0.25) is 0 Å². The molecule has 0 spiro atoms. The second kappa shape index (κ2) is 4.05. The van der Waals surface area contributed by atoms with Crippen molar-refractivity contribution in [2.75, 3.05) is 0 Å². The van der Waals surface area contributed by atoms with Gasteiger partial charge in [-0.25, -0.2) is 0 Å². The SMILES string of the molecule is CCC([C]=O)c1ccccc1C. The molecule has 1 unspecified atom stereocenters. The zero-order valence-electron chi connectivity index (χ0n) is 7.50. The largest absolute Gasteiger partial charge is 0.290 e. The lowest BCUT2D eigenvalue weighted by Gasteiger charge is -2.09. The van der Waals surface area contributed by atoms with Crippen molar-refractivity contribution in [1.29, 1.82) is 0 Å². The van der Waals surface area contributed by atoms with E-state index < -0.39 is 0 Å². The van der Waals surface area contributed by atoms with Crippen LogP contribution >= 0.6 is 0 Å². The molecule has 0 aliphatic rings. The predicted molar refractivity (Wildman–Crippen MR) is 49.9 cm³/mol. The van der Waals surface area contributed by atoms with Crippen LogP contribution in [0.5, 0.6) is 0 Å². The minimum absolute atomic E-state index is 0.0498. The van der Waals surface area contributed by atoms with E-state index in [1.807, 2.05) is 38.1 Å². The van der Waals surface area contributed by atoms with Gasteiger partial charge in [0.15, 0.2) is 0 Å². The number of hydrogen-bond acceptors (Lipinski definition) is 1. The Kier molecular flexibility index (Phi) is 3.03. The summed E-state index contributed by atoms with van der Waals surface area (Å²) in [5, 5.41) is 0. The van der Waals surface area contributed by atoms with Gasteiger partial charge in [0, 0.05) is 0 Å². The fraction of sp³-hybridized carbons (Fsp3) is 0.364. The molecule has 1 aromatic carbocycles. The number of aryl methyl sites for hydroxylation is 1. The summed E-state index contributed by atoms with van der Waals surface area (Å²) >= 11 is 0. The van der Waals surface area contributed by atoms with E-state index in [2.05, 4.69) is 6.29 Å². The molecule has 0 N–H and O–H groups in total. The molecule has 1 heteroatoms. The lowest BCUT2D eigenvalue weighted by Crippen LogP contribution is -2.00. The number of benzene rings is 1. The Labute approximate surface area is 73.4 Å². The van der Waals surface area contributed by atoms with Crippen molar-refractivity contribution < 1.29 is 4.79 Å². The van der Waals surface area contributed by atoms with E-state index in [1.165, 1.54) is 5.56 Å². The normalized spacial score (nSPS) is 12.5. The Morgan fingerprint density at radius 1 is 1.42 bits per heavy atom. The van der Waals surface area contributed by atoms with E-state index in [4.69, 9.17) is 0 Å². The summed E-state index contributed by atoms with van der Waals surface area (Å²) in [4.78, 5) is 10.6. The molecule has 0 aliphatic carbocycles. The summed E-state index contributed by atoms with van der Waals surface area (Å²) in [5.41, 5.74) is 2.28. The van der Waals surface area contributed by atoms with Crippen LogP contribution in [-0.2, 0) is 4.79 Å². The molecule has 1 nitrogen and oxygen atoms in total. The van der Waals surface area contributed by atoms with Crippen molar-refractivity contribution in [3.63, 3.8) is 0 Å². The average Bonchev–Trinajstić information content (AvgIpc) is 2.10. The first-order chi connectivity index (χ1) is 5.79. The Morgan fingerprint density at radius 3 is 2.58 bits per heavy atom.